The molecular formula is C23H29N3O3. The number of hydrogen-bond acceptors (Lipinski definition) is 3. The van der Waals surface area contributed by atoms with E-state index in [1.807, 2.05) is 74.2 Å². The Kier molecular flexibility index (Phi) is 6.23. The normalized spacial score (nSPS) is 16.3. The molecule has 1 aliphatic rings. The Morgan fingerprint density at radius 1 is 1.17 bits per heavy atom. The molecule has 154 valence electrons. The Bertz CT molecular complexity index is 875. The zero-order chi connectivity index (χ0) is 21.0. The van der Waals surface area contributed by atoms with Crippen molar-refractivity contribution in [1.29, 1.82) is 0 Å². The molecule has 2 aromatic rings. The van der Waals surface area contributed by atoms with Crippen molar-refractivity contribution in [3.05, 3.63) is 59.7 Å². The summed E-state index contributed by atoms with van der Waals surface area (Å²) in [5.74, 6) is -0.177. The molecule has 0 radical (unpaired) electrons. The summed E-state index contributed by atoms with van der Waals surface area (Å²) in [6.07, 6.45) is 0.587. The quantitative estimate of drug-likeness (QED) is 0.805. The molecule has 2 aromatic carbocycles. The molecule has 0 spiro atoms. The van der Waals surface area contributed by atoms with Crippen LogP contribution in [-0.2, 0) is 22.5 Å². The number of carbonyl (C=O) groups is 2. The average molecular weight is 396 g/mol. The van der Waals surface area contributed by atoms with Gasteiger partial charge in [-0.05, 0) is 56.5 Å². The van der Waals surface area contributed by atoms with Crippen LogP contribution in [0.1, 0.15) is 31.9 Å². The van der Waals surface area contributed by atoms with Crippen LogP contribution in [0.3, 0.4) is 0 Å². The zero-order valence-corrected chi connectivity index (χ0v) is 17.5. The minimum atomic E-state index is -0.319. The SMILES string of the molecule is COCC1Cc2cc(NC(=O)NC(C)(C)C)ccc2N(Cc2ccccc2)C1=O. The van der Waals surface area contributed by atoms with Gasteiger partial charge in [-0.25, -0.2) is 4.79 Å². The summed E-state index contributed by atoms with van der Waals surface area (Å²) in [4.78, 5) is 27.1. The van der Waals surface area contributed by atoms with E-state index in [0.29, 0.717) is 25.3 Å². The van der Waals surface area contributed by atoms with Gasteiger partial charge in [-0.3, -0.25) is 4.79 Å². The topological polar surface area (TPSA) is 70.7 Å². The van der Waals surface area contributed by atoms with Gasteiger partial charge < -0.3 is 20.3 Å². The molecule has 1 heterocycles. The van der Waals surface area contributed by atoms with Crippen LogP contribution in [0.2, 0.25) is 0 Å². The molecule has 0 saturated carbocycles. The highest BCUT2D eigenvalue weighted by Gasteiger charge is 2.33. The smallest absolute Gasteiger partial charge is 0.319 e. The molecule has 29 heavy (non-hydrogen) atoms. The molecule has 6 nitrogen and oxygen atoms in total. The van der Waals surface area contributed by atoms with E-state index in [9.17, 15) is 9.59 Å². The van der Waals surface area contributed by atoms with Crippen LogP contribution in [0.25, 0.3) is 0 Å². The van der Waals surface area contributed by atoms with Crippen molar-refractivity contribution in [2.75, 3.05) is 23.9 Å². The number of fused-ring (bicyclic) bond motifs is 1. The molecule has 2 N–H and O–H groups in total. The van der Waals surface area contributed by atoms with E-state index >= 15 is 0 Å². The van der Waals surface area contributed by atoms with Gasteiger partial charge in [0, 0.05) is 24.0 Å². The van der Waals surface area contributed by atoms with Crippen LogP contribution in [0.4, 0.5) is 16.2 Å². The van der Waals surface area contributed by atoms with E-state index in [4.69, 9.17) is 4.74 Å². The summed E-state index contributed by atoms with van der Waals surface area (Å²) in [7, 11) is 1.61. The Balaban J connectivity index is 1.87. The van der Waals surface area contributed by atoms with E-state index in [0.717, 1.165) is 16.8 Å². The van der Waals surface area contributed by atoms with E-state index in [1.54, 1.807) is 7.11 Å². The summed E-state index contributed by atoms with van der Waals surface area (Å²) in [5, 5.41) is 5.78. The summed E-state index contributed by atoms with van der Waals surface area (Å²) in [6, 6.07) is 15.4. The maximum Gasteiger partial charge on any atom is 0.319 e. The maximum atomic E-state index is 13.1. The van der Waals surface area contributed by atoms with Crippen molar-refractivity contribution >= 4 is 23.3 Å². The third-order valence-electron chi connectivity index (χ3n) is 4.75. The monoisotopic (exact) mass is 395 g/mol. The van der Waals surface area contributed by atoms with Gasteiger partial charge in [0.1, 0.15) is 0 Å². The number of amides is 3. The molecule has 3 amide bonds. The molecule has 1 unspecified atom stereocenters. The maximum absolute atomic E-state index is 13.1. The first-order chi connectivity index (χ1) is 13.8. The number of ether oxygens (including phenoxy) is 1. The van der Waals surface area contributed by atoms with E-state index < -0.39 is 0 Å². The lowest BCUT2D eigenvalue weighted by Gasteiger charge is -2.34. The number of carbonyl (C=O) groups excluding carboxylic acids is 2. The van der Waals surface area contributed by atoms with Crippen molar-refractivity contribution < 1.29 is 14.3 Å². The fraction of sp³-hybridized carbons (Fsp3) is 0.391. The summed E-state index contributed by atoms with van der Waals surface area (Å²) >= 11 is 0. The zero-order valence-electron chi connectivity index (χ0n) is 17.5. The molecule has 0 bridgehead atoms. The standard InChI is InChI=1S/C23H29N3O3/c1-23(2,3)25-22(28)24-19-10-11-20-17(13-19)12-18(15-29-4)21(27)26(20)14-16-8-6-5-7-9-16/h5-11,13,18H,12,14-15H2,1-4H3,(H2,24,25,28). The number of methoxy groups -OCH3 is 1. The highest BCUT2D eigenvalue weighted by atomic mass is 16.5. The predicted octanol–water partition coefficient (Wildman–Crippen LogP) is 3.96. The first kappa shape index (κ1) is 20.9. The first-order valence-corrected chi connectivity index (χ1v) is 9.83. The van der Waals surface area contributed by atoms with Gasteiger partial charge in [-0.15, -0.1) is 0 Å². The second-order valence-electron chi connectivity index (χ2n) is 8.44. The number of anilines is 2. The molecule has 6 heteroatoms. The van der Waals surface area contributed by atoms with Crippen LogP contribution in [0.15, 0.2) is 48.5 Å². The summed E-state index contributed by atoms with van der Waals surface area (Å²) < 4.78 is 5.29. The molecule has 0 aliphatic carbocycles. The molecule has 0 fully saturated rings. The highest BCUT2D eigenvalue weighted by molar-refractivity contribution is 5.99. The lowest BCUT2D eigenvalue weighted by atomic mass is 9.91. The second kappa shape index (κ2) is 8.66. The van der Waals surface area contributed by atoms with Gasteiger partial charge >= 0.3 is 6.03 Å². The first-order valence-electron chi connectivity index (χ1n) is 9.83. The van der Waals surface area contributed by atoms with Gasteiger partial charge in [0.05, 0.1) is 19.1 Å². The number of nitrogens with zero attached hydrogens (tertiary/aromatic N) is 1. The lowest BCUT2D eigenvalue weighted by Crippen LogP contribution is -2.43. The number of urea groups is 1. The average Bonchev–Trinajstić information content (AvgIpc) is 2.64. The Labute approximate surface area is 172 Å². The summed E-state index contributed by atoms with van der Waals surface area (Å²) in [5.41, 5.74) is 3.36. The van der Waals surface area contributed by atoms with Crippen LogP contribution >= 0.6 is 0 Å². The molecule has 1 aliphatic heterocycles. The van der Waals surface area contributed by atoms with Crippen LogP contribution < -0.4 is 15.5 Å². The third-order valence-corrected chi connectivity index (χ3v) is 4.75. The fourth-order valence-corrected chi connectivity index (χ4v) is 3.55. The lowest BCUT2D eigenvalue weighted by molar-refractivity contribution is -0.124. The molecule has 0 saturated heterocycles. The predicted molar refractivity (Wildman–Crippen MR) is 115 cm³/mol. The minimum Gasteiger partial charge on any atom is -0.384 e. The van der Waals surface area contributed by atoms with Crippen molar-refractivity contribution in [2.24, 2.45) is 5.92 Å². The van der Waals surface area contributed by atoms with Crippen LogP contribution in [0.5, 0.6) is 0 Å². The van der Waals surface area contributed by atoms with Crippen molar-refractivity contribution in [3.63, 3.8) is 0 Å². The summed E-state index contributed by atoms with van der Waals surface area (Å²) in [6.45, 7) is 6.67. The van der Waals surface area contributed by atoms with Gasteiger partial charge in [-0.2, -0.15) is 0 Å². The third kappa shape index (κ3) is 5.35. The fourth-order valence-electron chi connectivity index (χ4n) is 3.55. The van der Waals surface area contributed by atoms with Crippen molar-refractivity contribution in [2.45, 2.75) is 39.3 Å². The van der Waals surface area contributed by atoms with Gasteiger partial charge in [0.15, 0.2) is 0 Å². The van der Waals surface area contributed by atoms with Gasteiger partial charge in [-0.1, -0.05) is 30.3 Å². The molecule has 1 atom stereocenters. The molecule has 0 aromatic heterocycles. The highest BCUT2D eigenvalue weighted by Crippen LogP contribution is 2.34. The Morgan fingerprint density at radius 3 is 2.55 bits per heavy atom. The van der Waals surface area contributed by atoms with Gasteiger partial charge in [0.25, 0.3) is 0 Å². The number of nitrogens with one attached hydrogen (secondary N) is 2. The van der Waals surface area contributed by atoms with E-state index in [1.165, 1.54) is 0 Å². The van der Waals surface area contributed by atoms with E-state index in [-0.39, 0.29) is 23.4 Å². The van der Waals surface area contributed by atoms with Crippen molar-refractivity contribution in [3.8, 4) is 0 Å². The second-order valence-corrected chi connectivity index (χ2v) is 8.44. The molecular weight excluding hydrogens is 366 g/mol. The largest absolute Gasteiger partial charge is 0.384 e. The molecule has 3 rings (SSSR count). The number of rotatable bonds is 5. The minimum absolute atomic E-state index is 0.0642. The number of benzene rings is 2. The number of hydrogen-bond donors (Lipinski definition) is 2. The van der Waals surface area contributed by atoms with Gasteiger partial charge in [0.2, 0.25) is 5.91 Å². The van der Waals surface area contributed by atoms with Crippen LogP contribution in [0, 0.1) is 5.92 Å². The van der Waals surface area contributed by atoms with Crippen molar-refractivity contribution in [1.82, 2.24) is 5.32 Å². The Hall–Kier alpha value is -2.86. The Morgan fingerprint density at radius 2 is 1.90 bits per heavy atom. The van der Waals surface area contributed by atoms with Crippen LogP contribution in [-0.4, -0.2) is 31.2 Å². The van der Waals surface area contributed by atoms with E-state index in [2.05, 4.69) is 10.6 Å².